The summed E-state index contributed by atoms with van der Waals surface area (Å²) in [7, 11) is 0. The van der Waals surface area contributed by atoms with Gasteiger partial charge in [0.2, 0.25) is 5.91 Å². The van der Waals surface area contributed by atoms with Gasteiger partial charge in [-0.3, -0.25) is 14.9 Å². The average Bonchev–Trinajstić information content (AvgIpc) is 2.14. The molecule has 0 spiro atoms. The van der Waals surface area contributed by atoms with Crippen LogP contribution in [0.15, 0.2) is 0 Å². The second-order valence-electron chi connectivity index (χ2n) is 2.70. The number of rotatable bonds is 5. The Hall–Kier alpha value is -1.24. The number of amides is 3. The summed E-state index contributed by atoms with van der Waals surface area (Å²) in [5.41, 5.74) is 0. The van der Waals surface area contributed by atoms with Gasteiger partial charge in [-0.2, -0.15) is 0 Å². The number of nitrogens with one attached hydrogen (secondary N) is 2. The van der Waals surface area contributed by atoms with Crippen LogP contribution in [0.2, 0.25) is 0 Å². The van der Waals surface area contributed by atoms with E-state index in [0.29, 0.717) is 6.54 Å². The van der Waals surface area contributed by atoms with Crippen LogP contribution in [-0.4, -0.2) is 40.6 Å². The maximum absolute atomic E-state index is 11.3. The van der Waals surface area contributed by atoms with E-state index in [1.807, 2.05) is 0 Å². The predicted molar refractivity (Wildman–Crippen MR) is 56.8 cm³/mol. The fraction of sp³-hybridized carbons (Fsp3) is 0.625. The molecule has 0 aliphatic carbocycles. The van der Waals surface area contributed by atoms with Crippen LogP contribution >= 0.6 is 11.8 Å². The van der Waals surface area contributed by atoms with Crippen LogP contribution in [0, 0.1) is 0 Å². The van der Waals surface area contributed by atoms with E-state index in [2.05, 4.69) is 10.6 Å². The van der Waals surface area contributed by atoms with Gasteiger partial charge in [0.25, 0.3) is 0 Å². The molecule has 0 saturated heterocycles. The fourth-order valence-electron chi connectivity index (χ4n) is 0.690. The number of aliphatic carboxylic acids is 1. The van der Waals surface area contributed by atoms with Crippen molar-refractivity contribution in [1.82, 2.24) is 10.6 Å². The van der Waals surface area contributed by atoms with Gasteiger partial charge >= 0.3 is 12.0 Å². The summed E-state index contributed by atoms with van der Waals surface area (Å²) >= 11 is 0.961. The minimum atomic E-state index is -0.988. The highest BCUT2D eigenvalue weighted by Gasteiger charge is 2.16. The lowest BCUT2D eigenvalue weighted by molar-refractivity contribution is -0.133. The number of carboxylic acids is 1. The quantitative estimate of drug-likeness (QED) is 0.624. The van der Waals surface area contributed by atoms with Crippen molar-refractivity contribution in [3.63, 3.8) is 0 Å². The Morgan fingerprint density at radius 3 is 2.47 bits per heavy atom. The summed E-state index contributed by atoms with van der Waals surface area (Å²) in [5.74, 6) is -1.64. The first-order chi connectivity index (χ1) is 6.97. The van der Waals surface area contributed by atoms with Gasteiger partial charge in [0.05, 0.1) is 11.0 Å². The predicted octanol–water partition coefficient (Wildman–Crippen LogP) is 0.0384. The lowest BCUT2D eigenvalue weighted by atomic mass is 10.4. The van der Waals surface area contributed by atoms with E-state index in [-0.39, 0.29) is 5.75 Å². The molecule has 0 aromatic heterocycles. The molecule has 6 nitrogen and oxygen atoms in total. The van der Waals surface area contributed by atoms with Crippen LogP contribution in [0.25, 0.3) is 0 Å². The van der Waals surface area contributed by atoms with Crippen LogP contribution < -0.4 is 10.6 Å². The van der Waals surface area contributed by atoms with Crippen molar-refractivity contribution in [2.45, 2.75) is 19.1 Å². The van der Waals surface area contributed by atoms with Gasteiger partial charge in [0.1, 0.15) is 0 Å². The molecule has 0 heterocycles. The third-order valence-electron chi connectivity index (χ3n) is 1.40. The number of imide groups is 1. The Kier molecular flexibility index (Phi) is 6.52. The van der Waals surface area contributed by atoms with Crippen LogP contribution in [0.1, 0.15) is 13.8 Å². The first-order valence-electron chi connectivity index (χ1n) is 4.39. The van der Waals surface area contributed by atoms with Crippen molar-refractivity contribution in [2.75, 3.05) is 12.3 Å². The van der Waals surface area contributed by atoms with Crippen molar-refractivity contribution in [3.05, 3.63) is 0 Å². The van der Waals surface area contributed by atoms with Crippen LogP contribution in [0.5, 0.6) is 0 Å². The highest BCUT2D eigenvalue weighted by Crippen LogP contribution is 2.09. The molecular formula is C8H14N2O4S. The summed E-state index contributed by atoms with van der Waals surface area (Å²) in [6.45, 7) is 3.70. The number of carbonyl (C=O) groups excluding carboxylic acids is 2. The van der Waals surface area contributed by atoms with Crippen LogP contribution in [0.4, 0.5) is 4.79 Å². The monoisotopic (exact) mass is 234 g/mol. The molecule has 0 fully saturated rings. The van der Waals surface area contributed by atoms with Crippen molar-refractivity contribution in [2.24, 2.45) is 0 Å². The number of thioether (sulfide) groups is 1. The molecule has 0 aliphatic rings. The molecule has 1 atom stereocenters. The number of hydrogen-bond donors (Lipinski definition) is 3. The Bertz CT molecular complexity index is 257. The van der Waals surface area contributed by atoms with Crippen molar-refractivity contribution in [3.8, 4) is 0 Å². The van der Waals surface area contributed by atoms with E-state index in [9.17, 15) is 14.4 Å². The molecule has 0 radical (unpaired) electrons. The van der Waals surface area contributed by atoms with E-state index >= 15 is 0 Å². The lowest BCUT2D eigenvalue weighted by Crippen LogP contribution is -2.42. The fourth-order valence-corrected chi connectivity index (χ4v) is 1.29. The zero-order chi connectivity index (χ0) is 11.8. The van der Waals surface area contributed by atoms with Gasteiger partial charge in [0.15, 0.2) is 0 Å². The summed E-state index contributed by atoms with van der Waals surface area (Å²) in [6.07, 6.45) is 0. The Morgan fingerprint density at radius 2 is 2.00 bits per heavy atom. The third kappa shape index (κ3) is 6.78. The summed E-state index contributed by atoms with van der Waals surface area (Å²) in [4.78, 5) is 32.4. The van der Waals surface area contributed by atoms with E-state index in [1.54, 1.807) is 13.8 Å². The molecule has 7 heteroatoms. The van der Waals surface area contributed by atoms with E-state index < -0.39 is 23.2 Å². The standard InChI is InChI=1S/C8H14N2O4S/c1-3-9-8(14)10-7(13)5(2)15-4-6(11)12/h5H,3-4H2,1-2H3,(H,11,12)(H2,9,10,13,14)/t5-/m1/s1. The zero-order valence-corrected chi connectivity index (χ0v) is 9.39. The molecule has 0 bridgehead atoms. The van der Waals surface area contributed by atoms with Crippen LogP contribution in [-0.2, 0) is 9.59 Å². The van der Waals surface area contributed by atoms with Gasteiger partial charge in [-0.25, -0.2) is 4.79 Å². The third-order valence-corrected chi connectivity index (χ3v) is 2.53. The zero-order valence-electron chi connectivity index (χ0n) is 8.57. The number of hydrogen-bond acceptors (Lipinski definition) is 4. The molecule has 0 saturated carbocycles. The highest BCUT2D eigenvalue weighted by molar-refractivity contribution is 8.01. The molecule has 0 unspecified atom stereocenters. The Balaban J connectivity index is 3.88. The number of carboxylic acid groups (broad SMARTS) is 1. The maximum Gasteiger partial charge on any atom is 0.321 e. The topological polar surface area (TPSA) is 95.5 Å². The minimum absolute atomic E-state index is 0.163. The summed E-state index contributed by atoms with van der Waals surface area (Å²) in [6, 6.07) is -0.565. The SMILES string of the molecule is CCNC(=O)NC(=O)[C@@H](C)SCC(=O)O. The normalized spacial score (nSPS) is 11.6. The van der Waals surface area contributed by atoms with E-state index in [4.69, 9.17) is 5.11 Å². The van der Waals surface area contributed by atoms with Crippen molar-refractivity contribution < 1.29 is 19.5 Å². The van der Waals surface area contributed by atoms with Crippen molar-refractivity contribution >= 4 is 29.7 Å². The first-order valence-corrected chi connectivity index (χ1v) is 5.44. The van der Waals surface area contributed by atoms with Gasteiger partial charge in [-0.05, 0) is 13.8 Å². The summed E-state index contributed by atoms with van der Waals surface area (Å²) in [5, 5.41) is 12.3. The molecule has 86 valence electrons. The number of urea groups is 1. The summed E-state index contributed by atoms with van der Waals surface area (Å²) < 4.78 is 0. The van der Waals surface area contributed by atoms with E-state index in [1.165, 1.54) is 0 Å². The lowest BCUT2D eigenvalue weighted by Gasteiger charge is -2.09. The Labute approximate surface area is 91.8 Å². The second kappa shape index (κ2) is 7.10. The molecule has 0 rings (SSSR count). The minimum Gasteiger partial charge on any atom is -0.481 e. The first kappa shape index (κ1) is 13.8. The molecule has 0 aromatic rings. The smallest absolute Gasteiger partial charge is 0.321 e. The molecule has 3 N–H and O–H groups in total. The van der Waals surface area contributed by atoms with Gasteiger partial charge in [-0.1, -0.05) is 0 Å². The highest BCUT2D eigenvalue weighted by atomic mass is 32.2. The van der Waals surface area contributed by atoms with Crippen LogP contribution in [0.3, 0.4) is 0 Å². The van der Waals surface area contributed by atoms with Gasteiger partial charge < -0.3 is 10.4 Å². The maximum atomic E-state index is 11.3. The molecule has 0 aromatic carbocycles. The molecule has 0 aliphatic heterocycles. The average molecular weight is 234 g/mol. The molecule has 3 amide bonds. The largest absolute Gasteiger partial charge is 0.481 e. The second-order valence-corrected chi connectivity index (χ2v) is 4.02. The molecular weight excluding hydrogens is 220 g/mol. The number of carbonyl (C=O) groups is 3. The van der Waals surface area contributed by atoms with Gasteiger partial charge in [0, 0.05) is 6.54 Å². The molecule has 15 heavy (non-hydrogen) atoms. The Morgan fingerprint density at radius 1 is 1.40 bits per heavy atom. The van der Waals surface area contributed by atoms with Crippen molar-refractivity contribution in [1.29, 1.82) is 0 Å². The van der Waals surface area contributed by atoms with Gasteiger partial charge in [-0.15, -0.1) is 11.8 Å². The van der Waals surface area contributed by atoms with E-state index in [0.717, 1.165) is 11.8 Å².